The summed E-state index contributed by atoms with van der Waals surface area (Å²) in [6, 6.07) is 0. The molecule has 0 fully saturated rings. The predicted octanol–water partition coefficient (Wildman–Crippen LogP) is 0.797. The lowest BCUT2D eigenvalue weighted by Gasteiger charge is -2.38. The topological polar surface area (TPSA) is 127 Å². The number of hydrogen-bond donors (Lipinski definition) is 2. The van der Waals surface area contributed by atoms with Gasteiger partial charge in [-0.15, -0.1) is 0 Å². The van der Waals surface area contributed by atoms with E-state index >= 15 is 0 Å². The number of carboxylic acid groups (broad SMARTS) is 1. The van der Waals surface area contributed by atoms with Crippen LogP contribution in [0.15, 0.2) is 12.4 Å². The molecule has 0 radical (unpaired) electrons. The molecule has 0 unspecified atom stereocenters. The molecular weight excluding hydrogens is 280 g/mol. The third-order valence-corrected chi connectivity index (χ3v) is 3.69. The van der Waals surface area contributed by atoms with E-state index in [1.165, 1.54) is 13.8 Å². The van der Waals surface area contributed by atoms with Crippen LogP contribution in [0, 0.1) is 15.5 Å². The molecule has 0 aliphatic rings. The summed E-state index contributed by atoms with van der Waals surface area (Å²) < 4.78 is 1.12. The monoisotopic (exact) mass is 298 g/mol. The van der Waals surface area contributed by atoms with Crippen molar-refractivity contribution in [2.45, 2.75) is 39.8 Å². The molecule has 0 aliphatic heterocycles. The Balaban J connectivity index is 2.76. The molecule has 1 amide bonds. The predicted molar refractivity (Wildman–Crippen MR) is 72.5 cm³/mol. The summed E-state index contributed by atoms with van der Waals surface area (Å²) in [4.78, 5) is 33.1. The van der Waals surface area contributed by atoms with E-state index in [0.717, 1.165) is 17.1 Å². The lowest BCUT2D eigenvalue weighted by atomic mass is 9.74. The van der Waals surface area contributed by atoms with E-state index < -0.39 is 27.8 Å². The normalized spacial score (nSPS) is 12.0. The van der Waals surface area contributed by atoms with Crippen molar-refractivity contribution >= 4 is 17.6 Å². The Labute approximate surface area is 121 Å². The van der Waals surface area contributed by atoms with Crippen LogP contribution < -0.4 is 5.32 Å². The van der Waals surface area contributed by atoms with Crippen molar-refractivity contribution in [1.82, 2.24) is 15.1 Å². The number of aromatic nitrogens is 2. The minimum Gasteiger partial charge on any atom is -0.481 e. The van der Waals surface area contributed by atoms with Crippen LogP contribution in [0.1, 0.15) is 27.7 Å². The number of amides is 1. The maximum absolute atomic E-state index is 11.9. The zero-order valence-electron chi connectivity index (χ0n) is 12.3. The fraction of sp³-hybridized carbons (Fsp3) is 0.583. The van der Waals surface area contributed by atoms with Gasteiger partial charge in [0.25, 0.3) is 0 Å². The number of nitrogens with zero attached hydrogens (tertiary/aromatic N) is 3. The highest BCUT2D eigenvalue weighted by Crippen LogP contribution is 2.30. The van der Waals surface area contributed by atoms with Crippen LogP contribution in [0.2, 0.25) is 0 Å². The molecule has 21 heavy (non-hydrogen) atoms. The van der Waals surface area contributed by atoms with Crippen molar-refractivity contribution in [3.63, 3.8) is 0 Å². The molecule has 2 N–H and O–H groups in total. The van der Waals surface area contributed by atoms with E-state index in [0.29, 0.717) is 0 Å². The second-order valence-corrected chi connectivity index (χ2v) is 5.76. The zero-order valence-corrected chi connectivity index (χ0v) is 12.3. The van der Waals surface area contributed by atoms with Gasteiger partial charge in [0.2, 0.25) is 5.91 Å². The first-order valence-electron chi connectivity index (χ1n) is 6.18. The van der Waals surface area contributed by atoms with E-state index in [1.54, 1.807) is 13.8 Å². The summed E-state index contributed by atoms with van der Waals surface area (Å²) in [5.74, 6) is -1.52. The van der Waals surface area contributed by atoms with Gasteiger partial charge in [0.05, 0.1) is 15.9 Å². The van der Waals surface area contributed by atoms with Crippen molar-refractivity contribution in [3.05, 3.63) is 22.5 Å². The Bertz CT molecular complexity index is 576. The van der Waals surface area contributed by atoms with Gasteiger partial charge in [-0.2, -0.15) is 5.10 Å². The number of carbonyl (C=O) groups excluding carboxylic acids is 1. The Morgan fingerprint density at radius 2 is 2.00 bits per heavy atom. The smallest absolute Gasteiger partial charge is 0.311 e. The van der Waals surface area contributed by atoms with Gasteiger partial charge in [0.15, 0.2) is 0 Å². The zero-order chi connectivity index (χ0) is 16.4. The molecular formula is C12H18N4O5. The van der Waals surface area contributed by atoms with Crippen LogP contribution in [-0.2, 0) is 16.1 Å². The molecule has 0 saturated carbocycles. The molecule has 1 heterocycles. The highest BCUT2D eigenvalue weighted by molar-refractivity contribution is 5.80. The molecule has 1 rings (SSSR count). The Morgan fingerprint density at radius 3 is 2.43 bits per heavy atom. The second-order valence-electron chi connectivity index (χ2n) is 5.76. The van der Waals surface area contributed by atoms with Crippen LogP contribution in [0.3, 0.4) is 0 Å². The quantitative estimate of drug-likeness (QED) is 0.590. The van der Waals surface area contributed by atoms with Gasteiger partial charge in [0.1, 0.15) is 18.9 Å². The first-order chi connectivity index (χ1) is 9.47. The molecule has 0 spiro atoms. The number of nitrogens with one attached hydrogen (secondary N) is 1. The Kier molecular flexibility index (Phi) is 4.35. The molecule has 0 aromatic carbocycles. The van der Waals surface area contributed by atoms with Crippen LogP contribution in [0.5, 0.6) is 0 Å². The van der Waals surface area contributed by atoms with Crippen molar-refractivity contribution < 1.29 is 19.6 Å². The molecule has 0 aliphatic carbocycles. The summed E-state index contributed by atoms with van der Waals surface area (Å²) >= 11 is 0. The van der Waals surface area contributed by atoms with Gasteiger partial charge in [-0.3, -0.25) is 24.4 Å². The number of carbonyl (C=O) groups is 2. The van der Waals surface area contributed by atoms with Gasteiger partial charge >= 0.3 is 11.7 Å². The number of rotatable bonds is 6. The van der Waals surface area contributed by atoms with Gasteiger partial charge in [0, 0.05) is 0 Å². The van der Waals surface area contributed by atoms with E-state index in [9.17, 15) is 24.8 Å². The summed E-state index contributed by atoms with van der Waals surface area (Å²) in [6.45, 7) is 5.99. The Morgan fingerprint density at radius 1 is 1.43 bits per heavy atom. The number of carboxylic acids is 1. The average Bonchev–Trinajstić information content (AvgIpc) is 2.76. The maximum atomic E-state index is 11.9. The Hall–Kier alpha value is -2.45. The average molecular weight is 298 g/mol. The highest BCUT2D eigenvalue weighted by atomic mass is 16.6. The fourth-order valence-corrected chi connectivity index (χ4v) is 1.49. The van der Waals surface area contributed by atoms with Crippen molar-refractivity contribution in [2.75, 3.05) is 0 Å². The van der Waals surface area contributed by atoms with E-state index in [2.05, 4.69) is 10.4 Å². The van der Waals surface area contributed by atoms with E-state index in [1.807, 2.05) is 0 Å². The minimum absolute atomic E-state index is 0.215. The summed E-state index contributed by atoms with van der Waals surface area (Å²) in [5, 5.41) is 26.0. The second kappa shape index (κ2) is 5.51. The summed E-state index contributed by atoms with van der Waals surface area (Å²) in [5.41, 5.74) is -2.40. The maximum Gasteiger partial charge on any atom is 0.311 e. The van der Waals surface area contributed by atoms with E-state index in [4.69, 9.17) is 0 Å². The van der Waals surface area contributed by atoms with Crippen LogP contribution in [0.4, 0.5) is 5.69 Å². The lowest BCUT2D eigenvalue weighted by molar-refractivity contribution is -0.385. The third-order valence-electron chi connectivity index (χ3n) is 3.69. The molecule has 9 heteroatoms. The highest BCUT2D eigenvalue weighted by Gasteiger charge is 2.44. The van der Waals surface area contributed by atoms with Crippen LogP contribution >= 0.6 is 0 Å². The third kappa shape index (κ3) is 3.56. The van der Waals surface area contributed by atoms with Crippen LogP contribution in [-0.4, -0.2) is 37.2 Å². The largest absolute Gasteiger partial charge is 0.481 e. The first kappa shape index (κ1) is 16.6. The van der Waals surface area contributed by atoms with Crippen LogP contribution in [0.25, 0.3) is 0 Å². The number of hydrogen-bond acceptors (Lipinski definition) is 5. The van der Waals surface area contributed by atoms with Gasteiger partial charge in [-0.05, 0) is 27.7 Å². The number of aliphatic carboxylic acids is 1. The lowest BCUT2D eigenvalue weighted by Crippen LogP contribution is -2.57. The van der Waals surface area contributed by atoms with Gasteiger partial charge in [-0.25, -0.2) is 0 Å². The molecule has 9 nitrogen and oxygen atoms in total. The van der Waals surface area contributed by atoms with E-state index in [-0.39, 0.29) is 12.2 Å². The molecule has 0 saturated heterocycles. The molecule has 0 atom stereocenters. The van der Waals surface area contributed by atoms with Crippen molar-refractivity contribution in [2.24, 2.45) is 5.41 Å². The minimum atomic E-state index is -1.18. The summed E-state index contributed by atoms with van der Waals surface area (Å²) in [6.07, 6.45) is 2.18. The van der Waals surface area contributed by atoms with Gasteiger partial charge < -0.3 is 10.4 Å². The van der Waals surface area contributed by atoms with Gasteiger partial charge in [-0.1, -0.05) is 0 Å². The summed E-state index contributed by atoms with van der Waals surface area (Å²) in [7, 11) is 0. The molecule has 1 aromatic heterocycles. The fourth-order valence-electron chi connectivity index (χ4n) is 1.49. The molecule has 1 aromatic rings. The first-order valence-corrected chi connectivity index (χ1v) is 6.18. The molecule has 0 bridgehead atoms. The number of nitro groups is 1. The van der Waals surface area contributed by atoms with Crippen molar-refractivity contribution in [1.29, 1.82) is 0 Å². The standard InChI is InChI=1S/C12H18N4O5/c1-11(2,10(18)19)12(3,4)14-9(17)7-15-6-8(5-13-15)16(20)21/h5-6H,7H2,1-4H3,(H,14,17)(H,18,19). The molecule has 116 valence electrons. The SMILES string of the molecule is CC(C)(NC(=O)Cn1cc([N+](=O)[O-])cn1)C(C)(C)C(=O)O. The van der Waals surface area contributed by atoms with Crippen molar-refractivity contribution in [3.8, 4) is 0 Å².